The van der Waals surface area contributed by atoms with Crippen LogP contribution in [0, 0.1) is 10.8 Å². The number of hydrogen-bond donors (Lipinski definition) is 1. The predicted octanol–water partition coefficient (Wildman–Crippen LogP) is 1.57. The Morgan fingerprint density at radius 3 is 1.94 bits per heavy atom. The van der Waals surface area contributed by atoms with Gasteiger partial charge in [-0.1, -0.05) is 27.7 Å². The molecule has 0 unspecified atom stereocenters. The van der Waals surface area contributed by atoms with Crippen LogP contribution in [-0.4, -0.2) is 27.0 Å². The summed E-state index contributed by atoms with van der Waals surface area (Å²) < 4.78 is 25.2. The third kappa shape index (κ3) is 5.07. The Kier molecular flexibility index (Phi) is 4.71. The molecule has 0 rings (SSSR count). The van der Waals surface area contributed by atoms with E-state index in [9.17, 15) is 13.2 Å². The van der Waals surface area contributed by atoms with E-state index >= 15 is 0 Å². The van der Waals surface area contributed by atoms with Crippen molar-refractivity contribution in [2.24, 2.45) is 10.8 Å². The summed E-state index contributed by atoms with van der Waals surface area (Å²) in [5.74, 6) is 0.121. The molecule has 96 valence electrons. The third-order valence-electron chi connectivity index (χ3n) is 2.77. The molecule has 0 bridgehead atoms. The number of carbonyl (C=O) groups excluding carboxylic acids is 1. The molecule has 0 aromatic rings. The van der Waals surface area contributed by atoms with Gasteiger partial charge in [0, 0.05) is 5.41 Å². The smallest absolute Gasteiger partial charge is 0.211 e. The lowest BCUT2D eigenvalue weighted by molar-refractivity contribution is -0.126. The SMILES string of the molecule is CNS(=O)(=O)CC(C)(C)CC(C)(C)C(C)=O. The Hall–Kier alpha value is -0.420. The van der Waals surface area contributed by atoms with Gasteiger partial charge in [-0.25, -0.2) is 13.1 Å². The van der Waals surface area contributed by atoms with Crippen LogP contribution in [0.2, 0.25) is 0 Å². The number of Topliss-reactive ketones (excluding diaryl/α,β-unsaturated/α-hetero) is 1. The van der Waals surface area contributed by atoms with E-state index in [0.717, 1.165) is 0 Å². The fraction of sp³-hybridized carbons (Fsp3) is 0.909. The molecule has 0 fully saturated rings. The zero-order valence-corrected chi connectivity index (χ0v) is 11.9. The highest BCUT2D eigenvalue weighted by atomic mass is 32.2. The van der Waals surface area contributed by atoms with E-state index in [1.165, 1.54) is 7.05 Å². The van der Waals surface area contributed by atoms with Gasteiger partial charge < -0.3 is 0 Å². The van der Waals surface area contributed by atoms with E-state index in [2.05, 4.69) is 4.72 Å². The van der Waals surface area contributed by atoms with Crippen LogP contribution in [0.15, 0.2) is 0 Å². The molecule has 0 atom stereocenters. The van der Waals surface area contributed by atoms with Crippen molar-refractivity contribution in [3.05, 3.63) is 0 Å². The minimum atomic E-state index is -3.24. The molecule has 16 heavy (non-hydrogen) atoms. The van der Waals surface area contributed by atoms with E-state index < -0.39 is 20.9 Å². The molecule has 5 heteroatoms. The van der Waals surface area contributed by atoms with Crippen LogP contribution >= 0.6 is 0 Å². The molecule has 1 N–H and O–H groups in total. The third-order valence-corrected chi connectivity index (χ3v) is 4.55. The lowest BCUT2D eigenvalue weighted by Gasteiger charge is -2.32. The van der Waals surface area contributed by atoms with E-state index in [1.807, 2.05) is 27.7 Å². The zero-order valence-electron chi connectivity index (χ0n) is 11.0. The number of sulfonamides is 1. The van der Waals surface area contributed by atoms with Gasteiger partial charge >= 0.3 is 0 Å². The molecule has 0 aliphatic carbocycles. The van der Waals surface area contributed by atoms with Crippen molar-refractivity contribution >= 4 is 15.8 Å². The van der Waals surface area contributed by atoms with Crippen LogP contribution in [0.4, 0.5) is 0 Å². The molecule has 0 saturated carbocycles. The lowest BCUT2D eigenvalue weighted by atomic mass is 9.74. The van der Waals surface area contributed by atoms with Crippen molar-refractivity contribution in [1.29, 1.82) is 0 Å². The Morgan fingerprint density at radius 2 is 1.62 bits per heavy atom. The highest BCUT2D eigenvalue weighted by Gasteiger charge is 2.34. The first-order chi connectivity index (χ1) is 6.92. The first-order valence-corrected chi connectivity index (χ1v) is 6.99. The summed E-state index contributed by atoms with van der Waals surface area (Å²) in [6.45, 7) is 8.98. The quantitative estimate of drug-likeness (QED) is 0.777. The van der Waals surface area contributed by atoms with Crippen LogP contribution in [0.5, 0.6) is 0 Å². The monoisotopic (exact) mass is 249 g/mol. The maximum Gasteiger partial charge on any atom is 0.211 e. The second kappa shape index (κ2) is 4.84. The topological polar surface area (TPSA) is 63.2 Å². The number of rotatable bonds is 6. The van der Waals surface area contributed by atoms with E-state index in [1.54, 1.807) is 6.92 Å². The van der Waals surface area contributed by atoms with Gasteiger partial charge in [0.1, 0.15) is 5.78 Å². The maximum absolute atomic E-state index is 11.5. The summed E-state index contributed by atoms with van der Waals surface area (Å²) >= 11 is 0. The molecule has 0 radical (unpaired) electrons. The molecule has 4 nitrogen and oxygen atoms in total. The van der Waals surface area contributed by atoms with Gasteiger partial charge in [0.15, 0.2) is 0 Å². The first kappa shape index (κ1) is 15.6. The summed E-state index contributed by atoms with van der Waals surface area (Å²) in [6, 6.07) is 0. The molecule has 0 saturated heterocycles. The number of hydrogen-bond acceptors (Lipinski definition) is 3. The maximum atomic E-state index is 11.5. The van der Waals surface area contributed by atoms with Crippen LogP contribution in [0.1, 0.15) is 41.0 Å². The Bertz CT molecular complexity index is 355. The summed E-state index contributed by atoms with van der Waals surface area (Å²) in [5, 5.41) is 0. The summed E-state index contributed by atoms with van der Waals surface area (Å²) in [5.41, 5.74) is -0.899. The number of carbonyl (C=O) groups is 1. The molecule has 0 aromatic carbocycles. The highest BCUT2D eigenvalue weighted by molar-refractivity contribution is 7.89. The van der Waals surface area contributed by atoms with Crippen LogP contribution in [0.25, 0.3) is 0 Å². The summed E-state index contributed by atoms with van der Waals surface area (Å²) in [4.78, 5) is 11.4. The number of ketones is 1. The van der Waals surface area contributed by atoms with E-state index in [0.29, 0.717) is 6.42 Å². The second-order valence-corrected chi connectivity index (χ2v) is 7.67. The molecule has 0 amide bonds. The molecule has 0 aliphatic heterocycles. The van der Waals surface area contributed by atoms with Crippen molar-refractivity contribution in [3.63, 3.8) is 0 Å². The Labute approximate surface area is 98.9 Å². The highest BCUT2D eigenvalue weighted by Crippen LogP contribution is 2.35. The molecule has 0 heterocycles. The molecule has 0 spiro atoms. The number of nitrogens with one attached hydrogen (secondary N) is 1. The Balaban J connectivity index is 4.78. The van der Waals surface area contributed by atoms with Crippen LogP contribution < -0.4 is 4.72 Å². The Morgan fingerprint density at radius 1 is 1.19 bits per heavy atom. The zero-order chi connectivity index (χ0) is 13.2. The fourth-order valence-corrected chi connectivity index (χ4v) is 3.23. The van der Waals surface area contributed by atoms with Gasteiger partial charge in [0.2, 0.25) is 10.0 Å². The average molecular weight is 249 g/mol. The molecular formula is C11H23NO3S. The van der Waals surface area contributed by atoms with Gasteiger partial charge in [0.05, 0.1) is 5.75 Å². The van der Waals surface area contributed by atoms with Gasteiger partial charge in [-0.2, -0.15) is 0 Å². The van der Waals surface area contributed by atoms with Crippen LogP contribution in [-0.2, 0) is 14.8 Å². The molecular weight excluding hydrogens is 226 g/mol. The predicted molar refractivity (Wildman–Crippen MR) is 65.7 cm³/mol. The minimum absolute atomic E-state index is 0.0349. The second-order valence-electron chi connectivity index (χ2n) is 5.74. The minimum Gasteiger partial charge on any atom is -0.299 e. The fourth-order valence-electron chi connectivity index (χ4n) is 1.96. The van der Waals surface area contributed by atoms with Crippen molar-refractivity contribution in [1.82, 2.24) is 4.72 Å². The van der Waals surface area contributed by atoms with E-state index in [-0.39, 0.29) is 11.5 Å². The first-order valence-electron chi connectivity index (χ1n) is 5.34. The van der Waals surface area contributed by atoms with Crippen LogP contribution in [0.3, 0.4) is 0 Å². The average Bonchev–Trinajstić information content (AvgIpc) is 1.99. The van der Waals surface area contributed by atoms with Crippen molar-refractivity contribution < 1.29 is 13.2 Å². The van der Waals surface area contributed by atoms with Gasteiger partial charge in [-0.3, -0.25) is 4.79 Å². The molecule has 0 aliphatic rings. The molecule has 0 aromatic heterocycles. The van der Waals surface area contributed by atoms with Gasteiger partial charge in [-0.05, 0) is 25.8 Å². The lowest BCUT2D eigenvalue weighted by Crippen LogP contribution is -2.36. The largest absolute Gasteiger partial charge is 0.299 e. The van der Waals surface area contributed by atoms with Crippen molar-refractivity contribution in [3.8, 4) is 0 Å². The summed E-state index contributed by atoms with van der Waals surface area (Å²) in [7, 11) is -1.83. The van der Waals surface area contributed by atoms with E-state index in [4.69, 9.17) is 0 Å². The normalized spacial score (nSPS) is 13.9. The summed E-state index contributed by atoms with van der Waals surface area (Å²) in [6.07, 6.45) is 0.552. The van der Waals surface area contributed by atoms with Crippen molar-refractivity contribution in [2.75, 3.05) is 12.8 Å². The van der Waals surface area contributed by atoms with Gasteiger partial charge in [0.25, 0.3) is 0 Å². The standard InChI is InChI=1S/C11H23NO3S/c1-9(13)11(4,5)7-10(2,3)8-16(14,15)12-6/h12H,7-8H2,1-6H3. The van der Waals surface area contributed by atoms with Crippen molar-refractivity contribution in [2.45, 2.75) is 41.0 Å². The van der Waals surface area contributed by atoms with Gasteiger partial charge in [-0.15, -0.1) is 0 Å².